The van der Waals surface area contributed by atoms with Crippen molar-refractivity contribution in [2.75, 3.05) is 39.3 Å². The van der Waals surface area contributed by atoms with E-state index in [1.807, 2.05) is 48.7 Å². The minimum atomic E-state index is -0.392. The van der Waals surface area contributed by atoms with Crippen LogP contribution in [-0.4, -0.2) is 59.2 Å². The number of hydrogen-bond acceptors (Lipinski definition) is 4. The molecule has 2 heterocycles. The second-order valence-electron chi connectivity index (χ2n) is 6.14. The summed E-state index contributed by atoms with van der Waals surface area (Å²) in [5.74, 6) is 0. The Hall–Kier alpha value is -1.75. The molecular formula is C19H25N3O. The molecule has 0 saturated carbocycles. The van der Waals surface area contributed by atoms with Gasteiger partial charge in [-0.3, -0.25) is 9.88 Å². The summed E-state index contributed by atoms with van der Waals surface area (Å²) in [6.45, 7) is 5.95. The highest BCUT2D eigenvalue weighted by molar-refractivity contribution is 5.17. The van der Waals surface area contributed by atoms with E-state index >= 15 is 0 Å². The van der Waals surface area contributed by atoms with Crippen LogP contribution >= 0.6 is 0 Å². The predicted octanol–water partition coefficient (Wildman–Crippen LogP) is 1.98. The Morgan fingerprint density at radius 3 is 2.30 bits per heavy atom. The van der Waals surface area contributed by atoms with Crippen LogP contribution in [0.1, 0.15) is 17.4 Å². The molecule has 0 radical (unpaired) electrons. The maximum absolute atomic E-state index is 10.3. The summed E-state index contributed by atoms with van der Waals surface area (Å²) in [5.41, 5.74) is 2.17. The van der Waals surface area contributed by atoms with Gasteiger partial charge in [0.15, 0.2) is 0 Å². The van der Waals surface area contributed by atoms with Crippen molar-refractivity contribution in [2.24, 2.45) is 0 Å². The Bertz CT molecular complexity index is 568. The van der Waals surface area contributed by atoms with Crippen LogP contribution in [0.5, 0.6) is 0 Å². The highest BCUT2D eigenvalue weighted by atomic mass is 16.3. The molecule has 122 valence electrons. The van der Waals surface area contributed by atoms with E-state index in [4.69, 9.17) is 0 Å². The number of hydrogen-bond donors (Lipinski definition) is 1. The summed E-state index contributed by atoms with van der Waals surface area (Å²) in [5, 5.41) is 10.3. The Morgan fingerprint density at radius 1 is 0.913 bits per heavy atom. The van der Waals surface area contributed by atoms with Crippen LogP contribution in [0.3, 0.4) is 0 Å². The van der Waals surface area contributed by atoms with Gasteiger partial charge in [0.2, 0.25) is 0 Å². The average molecular weight is 311 g/mol. The van der Waals surface area contributed by atoms with Crippen LogP contribution in [0.2, 0.25) is 0 Å². The average Bonchev–Trinajstić information content (AvgIpc) is 2.63. The van der Waals surface area contributed by atoms with Crippen molar-refractivity contribution in [1.29, 1.82) is 0 Å². The maximum atomic E-state index is 10.3. The summed E-state index contributed by atoms with van der Waals surface area (Å²) < 4.78 is 0. The molecule has 3 rings (SSSR count). The number of rotatable bonds is 6. The molecule has 0 amide bonds. The van der Waals surface area contributed by atoms with Crippen LogP contribution in [0.25, 0.3) is 0 Å². The molecule has 0 spiro atoms. The van der Waals surface area contributed by atoms with Gasteiger partial charge in [-0.1, -0.05) is 36.4 Å². The van der Waals surface area contributed by atoms with E-state index in [0.717, 1.165) is 56.9 Å². The number of aromatic nitrogens is 1. The van der Waals surface area contributed by atoms with Crippen molar-refractivity contribution in [2.45, 2.75) is 12.5 Å². The maximum Gasteiger partial charge on any atom is 0.0916 e. The van der Waals surface area contributed by atoms with E-state index in [9.17, 15) is 5.11 Å². The first-order valence-electron chi connectivity index (χ1n) is 8.39. The minimum absolute atomic E-state index is 0.392. The Kier molecular flexibility index (Phi) is 5.75. The molecule has 1 atom stereocenters. The fourth-order valence-corrected chi connectivity index (χ4v) is 3.04. The first-order chi connectivity index (χ1) is 11.3. The standard InChI is InChI=1S/C19H25N3O/c23-19(17-6-2-1-3-7-17)16-22-14-12-21(13-15-22)11-9-18-8-4-5-10-20-18/h1-8,10,19,23H,9,11-16H2. The summed E-state index contributed by atoms with van der Waals surface area (Å²) in [6.07, 6.45) is 2.47. The van der Waals surface area contributed by atoms with Crippen LogP contribution in [-0.2, 0) is 6.42 Å². The third-order valence-corrected chi connectivity index (χ3v) is 4.49. The monoisotopic (exact) mass is 311 g/mol. The topological polar surface area (TPSA) is 39.6 Å². The van der Waals surface area contributed by atoms with Gasteiger partial charge in [-0.2, -0.15) is 0 Å². The van der Waals surface area contributed by atoms with Crippen LogP contribution < -0.4 is 0 Å². The summed E-state index contributed by atoms with van der Waals surface area (Å²) in [7, 11) is 0. The second-order valence-corrected chi connectivity index (χ2v) is 6.14. The number of benzene rings is 1. The van der Waals surface area contributed by atoms with Gasteiger partial charge in [-0.15, -0.1) is 0 Å². The Morgan fingerprint density at radius 2 is 1.61 bits per heavy atom. The molecule has 0 aliphatic carbocycles. The molecule has 1 aromatic carbocycles. The first kappa shape index (κ1) is 16.1. The van der Waals surface area contributed by atoms with Gasteiger partial charge in [0.05, 0.1) is 6.10 Å². The van der Waals surface area contributed by atoms with Gasteiger partial charge < -0.3 is 10.0 Å². The normalized spacial score (nSPS) is 18.0. The van der Waals surface area contributed by atoms with E-state index in [1.54, 1.807) is 0 Å². The molecule has 0 bridgehead atoms. The molecule has 1 aliphatic heterocycles. The van der Waals surface area contributed by atoms with E-state index in [2.05, 4.69) is 20.9 Å². The molecule has 1 fully saturated rings. The number of aliphatic hydroxyl groups is 1. The Labute approximate surface area is 138 Å². The van der Waals surface area contributed by atoms with Crippen molar-refractivity contribution in [3.05, 3.63) is 66.0 Å². The van der Waals surface area contributed by atoms with Crippen molar-refractivity contribution < 1.29 is 5.11 Å². The molecule has 4 heteroatoms. The molecule has 1 saturated heterocycles. The lowest BCUT2D eigenvalue weighted by molar-refractivity contribution is 0.0729. The summed E-state index contributed by atoms with van der Waals surface area (Å²) in [6, 6.07) is 16.0. The SMILES string of the molecule is OC(CN1CCN(CCc2ccccn2)CC1)c1ccccc1. The van der Waals surface area contributed by atoms with Crippen molar-refractivity contribution in [3.63, 3.8) is 0 Å². The van der Waals surface area contributed by atoms with Crippen molar-refractivity contribution in [1.82, 2.24) is 14.8 Å². The van der Waals surface area contributed by atoms with Gasteiger partial charge >= 0.3 is 0 Å². The van der Waals surface area contributed by atoms with E-state index in [0.29, 0.717) is 0 Å². The molecular weight excluding hydrogens is 286 g/mol. The predicted molar refractivity (Wildman–Crippen MR) is 92.2 cm³/mol. The van der Waals surface area contributed by atoms with Gasteiger partial charge in [0.1, 0.15) is 0 Å². The quantitative estimate of drug-likeness (QED) is 0.885. The fourth-order valence-electron chi connectivity index (χ4n) is 3.04. The zero-order valence-corrected chi connectivity index (χ0v) is 13.5. The fraction of sp³-hybridized carbons (Fsp3) is 0.421. The zero-order chi connectivity index (χ0) is 15.9. The summed E-state index contributed by atoms with van der Waals surface area (Å²) in [4.78, 5) is 9.22. The lowest BCUT2D eigenvalue weighted by Crippen LogP contribution is -2.47. The number of aliphatic hydroxyl groups excluding tert-OH is 1. The molecule has 1 aliphatic rings. The minimum Gasteiger partial charge on any atom is -0.387 e. The van der Waals surface area contributed by atoms with Gasteiger partial charge in [-0.25, -0.2) is 0 Å². The lowest BCUT2D eigenvalue weighted by Gasteiger charge is -2.35. The van der Waals surface area contributed by atoms with Crippen molar-refractivity contribution >= 4 is 0 Å². The van der Waals surface area contributed by atoms with Crippen LogP contribution in [0.15, 0.2) is 54.7 Å². The number of nitrogens with zero attached hydrogens (tertiary/aromatic N) is 3. The molecule has 1 N–H and O–H groups in total. The molecule has 4 nitrogen and oxygen atoms in total. The lowest BCUT2D eigenvalue weighted by atomic mass is 10.1. The molecule has 2 aromatic rings. The molecule has 23 heavy (non-hydrogen) atoms. The number of β-amino-alcohol motifs (C(OH)–C–C–N with tert-alkyl or cyclic N) is 1. The highest BCUT2D eigenvalue weighted by Crippen LogP contribution is 2.15. The van der Waals surface area contributed by atoms with E-state index in [1.165, 1.54) is 0 Å². The largest absolute Gasteiger partial charge is 0.387 e. The number of pyridine rings is 1. The molecule has 1 unspecified atom stereocenters. The highest BCUT2D eigenvalue weighted by Gasteiger charge is 2.19. The van der Waals surface area contributed by atoms with E-state index in [-0.39, 0.29) is 0 Å². The van der Waals surface area contributed by atoms with Crippen molar-refractivity contribution in [3.8, 4) is 0 Å². The smallest absolute Gasteiger partial charge is 0.0916 e. The van der Waals surface area contributed by atoms with Crippen LogP contribution in [0, 0.1) is 0 Å². The Balaban J connectivity index is 1.40. The van der Waals surface area contributed by atoms with Gasteiger partial charge in [0.25, 0.3) is 0 Å². The van der Waals surface area contributed by atoms with Gasteiger partial charge in [-0.05, 0) is 17.7 Å². The third-order valence-electron chi connectivity index (χ3n) is 4.49. The number of piperazine rings is 1. The third kappa shape index (κ3) is 4.86. The van der Waals surface area contributed by atoms with Gasteiger partial charge in [0, 0.05) is 57.6 Å². The zero-order valence-electron chi connectivity index (χ0n) is 13.5. The first-order valence-corrected chi connectivity index (χ1v) is 8.39. The molecule has 1 aromatic heterocycles. The summed E-state index contributed by atoms with van der Waals surface area (Å²) >= 11 is 0. The van der Waals surface area contributed by atoms with Crippen LogP contribution in [0.4, 0.5) is 0 Å². The van der Waals surface area contributed by atoms with E-state index < -0.39 is 6.10 Å². The second kappa shape index (κ2) is 8.20.